The second kappa shape index (κ2) is 5.71. The van der Waals surface area contributed by atoms with Crippen molar-refractivity contribution >= 4 is 45.6 Å². The van der Waals surface area contributed by atoms with Crippen molar-refractivity contribution in [1.29, 1.82) is 0 Å². The number of amides is 1. The Kier molecular flexibility index (Phi) is 3.74. The Morgan fingerprint density at radius 3 is 2.32 bits per heavy atom. The molecule has 1 fully saturated rings. The highest BCUT2D eigenvalue weighted by molar-refractivity contribution is 8.27. The van der Waals surface area contributed by atoms with Gasteiger partial charge in [0.05, 0.1) is 5.69 Å². The number of hydrogen-bond donors (Lipinski definition) is 0. The fraction of sp³-hybridized carbons (Fsp3) is 0.200. The quantitative estimate of drug-likeness (QED) is 0.540. The lowest BCUT2D eigenvalue weighted by Gasteiger charge is -2.25. The van der Waals surface area contributed by atoms with Gasteiger partial charge in [-0.25, -0.2) is 0 Å². The van der Waals surface area contributed by atoms with E-state index in [-0.39, 0.29) is 11.3 Å². The molecule has 4 rings (SSSR count). The number of fused-ring (bicyclic) bond motifs is 1. The van der Waals surface area contributed by atoms with Crippen molar-refractivity contribution < 1.29 is 4.79 Å². The zero-order valence-corrected chi connectivity index (χ0v) is 15.9. The lowest BCUT2D eigenvalue weighted by molar-refractivity contribution is -0.113. The third-order valence-electron chi connectivity index (χ3n) is 4.86. The van der Waals surface area contributed by atoms with E-state index in [1.54, 1.807) is 4.90 Å². The Hall–Kier alpha value is -2.11. The van der Waals surface area contributed by atoms with Gasteiger partial charge in [-0.2, -0.15) is 0 Å². The van der Waals surface area contributed by atoms with Crippen LogP contribution in [-0.2, 0) is 10.2 Å². The molecular formula is C20H18N2OS2. The van der Waals surface area contributed by atoms with E-state index in [0.29, 0.717) is 4.32 Å². The van der Waals surface area contributed by atoms with Gasteiger partial charge in [0.2, 0.25) is 0 Å². The summed E-state index contributed by atoms with van der Waals surface area (Å²) in [6.07, 6.45) is 0. The second-order valence-electron chi connectivity index (χ2n) is 6.72. The average Bonchev–Trinajstić information content (AvgIpc) is 2.99. The van der Waals surface area contributed by atoms with Crippen molar-refractivity contribution in [2.75, 3.05) is 16.8 Å². The molecule has 25 heavy (non-hydrogen) atoms. The van der Waals surface area contributed by atoms with E-state index >= 15 is 0 Å². The Labute approximate surface area is 157 Å². The van der Waals surface area contributed by atoms with Crippen molar-refractivity contribution in [3.05, 3.63) is 70.8 Å². The molecule has 0 aliphatic carbocycles. The number of carbonyl (C=O) groups excluding carboxylic acids is 1. The number of allylic oxidation sites excluding steroid dienone is 1. The van der Waals surface area contributed by atoms with E-state index in [1.165, 1.54) is 17.3 Å². The van der Waals surface area contributed by atoms with E-state index in [9.17, 15) is 4.79 Å². The standard InChI is InChI=1S/C20H18N2OS2/c1-20(2)14-11-7-8-12-15(14)21(3)17(20)16-18(23)22(19(24)25-16)13-9-5-4-6-10-13/h4-12H,1-3H3. The van der Waals surface area contributed by atoms with Crippen molar-refractivity contribution in [2.45, 2.75) is 19.3 Å². The van der Waals surface area contributed by atoms with Gasteiger partial charge in [-0.15, -0.1) is 0 Å². The second-order valence-corrected chi connectivity index (χ2v) is 8.37. The van der Waals surface area contributed by atoms with Gasteiger partial charge in [-0.3, -0.25) is 9.69 Å². The Morgan fingerprint density at radius 2 is 1.64 bits per heavy atom. The van der Waals surface area contributed by atoms with Crippen LogP contribution < -0.4 is 9.80 Å². The Bertz CT molecular complexity index is 918. The molecule has 3 nitrogen and oxygen atoms in total. The summed E-state index contributed by atoms with van der Waals surface area (Å²) in [7, 11) is 2.03. The molecule has 2 aromatic rings. The topological polar surface area (TPSA) is 23.6 Å². The average molecular weight is 367 g/mol. The molecule has 0 unspecified atom stereocenters. The van der Waals surface area contributed by atoms with Crippen molar-refractivity contribution in [2.24, 2.45) is 0 Å². The molecule has 2 aliphatic heterocycles. The van der Waals surface area contributed by atoms with Crippen LogP contribution in [-0.4, -0.2) is 17.3 Å². The first-order valence-corrected chi connectivity index (χ1v) is 9.34. The number of hydrogen-bond acceptors (Lipinski definition) is 4. The number of nitrogens with zero attached hydrogens (tertiary/aromatic N) is 2. The van der Waals surface area contributed by atoms with Crippen molar-refractivity contribution in [1.82, 2.24) is 0 Å². The first-order valence-electron chi connectivity index (χ1n) is 8.12. The molecule has 2 heterocycles. The highest BCUT2D eigenvalue weighted by Gasteiger charge is 2.45. The summed E-state index contributed by atoms with van der Waals surface area (Å²) in [5.41, 5.74) is 3.97. The smallest absolute Gasteiger partial charge is 0.272 e. The minimum atomic E-state index is -0.244. The molecule has 0 spiro atoms. The van der Waals surface area contributed by atoms with Crippen LogP contribution in [0.1, 0.15) is 19.4 Å². The molecular weight excluding hydrogens is 348 g/mol. The summed E-state index contributed by atoms with van der Waals surface area (Å²) in [6.45, 7) is 4.33. The normalized spacial score (nSPS) is 21.9. The minimum absolute atomic E-state index is 0.0380. The summed E-state index contributed by atoms with van der Waals surface area (Å²) in [6, 6.07) is 17.9. The number of para-hydroxylation sites is 2. The van der Waals surface area contributed by atoms with Crippen LogP contribution >= 0.6 is 24.0 Å². The first kappa shape index (κ1) is 16.4. The molecule has 126 valence electrons. The van der Waals surface area contributed by atoms with E-state index in [2.05, 4.69) is 30.9 Å². The fourth-order valence-corrected chi connectivity index (χ4v) is 5.27. The van der Waals surface area contributed by atoms with E-state index < -0.39 is 0 Å². The molecule has 0 bridgehead atoms. The summed E-state index contributed by atoms with van der Waals surface area (Å²) >= 11 is 6.92. The molecule has 0 radical (unpaired) electrons. The number of likely N-dealkylation sites (N-methyl/N-ethyl adjacent to an activating group) is 1. The summed E-state index contributed by atoms with van der Waals surface area (Å²) in [5.74, 6) is -0.0380. The Morgan fingerprint density at radius 1 is 1.00 bits per heavy atom. The van der Waals surface area contributed by atoms with Gasteiger partial charge < -0.3 is 4.90 Å². The maximum Gasteiger partial charge on any atom is 0.272 e. The number of anilines is 2. The number of rotatable bonds is 1. The van der Waals surface area contributed by atoms with Crippen LogP contribution in [0.25, 0.3) is 0 Å². The number of thioether (sulfide) groups is 1. The Balaban J connectivity index is 1.85. The largest absolute Gasteiger partial charge is 0.346 e. The molecule has 0 N–H and O–H groups in total. The van der Waals surface area contributed by atoms with Gasteiger partial charge >= 0.3 is 0 Å². The summed E-state index contributed by atoms with van der Waals surface area (Å²) in [4.78, 5) is 17.7. The van der Waals surface area contributed by atoms with Gasteiger partial charge in [0.15, 0.2) is 4.32 Å². The van der Waals surface area contributed by atoms with Crippen LogP contribution in [0.4, 0.5) is 11.4 Å². The van der Waals surface area contributed by atoms with E-state index in [4.69, 9.17) is 12.2 Å². The van der Waals surface area contributed by atoms with Crippen molar-refractivity contribution in [3.8, 4) is 0 Å². The minimum Gasteiger partial charge on any atom is -0.346 e. The number of thiocarbonyl (C=S) groups is 1. The van der Waals surface area contributed by atoms with E-state index in [0.717, 1.165) is 22.0 Å². The predicted octanol–water partition coefficient (Wildman–Crippen LogP) is 4.69. The van der Waals surface area contributed by atoms with Crippen LogP contribution in [0.2, 0.25) is 0 Å². The monoisotopic (exact) mass is 366 g/mol. The van der Waals surface area contributed by atoms with Crippen LogP contribution in [0.15, 0.2) is 65.2 Å². The molecule has 1 saturated heterocycles. The lowest BCUT2D eigenvalue weighted by atomic mass is 9.83. The van der Waals surface area contributed by atoms with Gasteiger partial charge in [0, 0.05) is 23.8 Å². The molecule has 0 atom stereocenters. The third-order valence-corrected chi connectivity index (χ3v) is 6.23. The van der Waals surface area contributed by atoms with Gasteiger partial charge in [0.25, 0.3) is 5.91 Å². The zero-order valence-electron chi connectivity index (χ0n) is 14.3. The van der Waals surface area contributed by atoms with Crippen LogP contribution in [0, 0.1) is 0 Å². The summed E-state index contributed by atoms with van der Waals surface area (Å²) < 4.78 is 0.582. The molecule has 0 aromatic heterocycles. The maximum absolute atomic E-state index is 13.2. The fourth-order valence-electron chi connectivity index (χ4n) is 3.71. The van der Waals surface area contributed by atoms with E-state index in [1.807, 2.05) is 49.5 Å². The maximum atomic E-state index is 13.2. The number of carbonyl (C=O) groups is 1. The molecule has 5 heteroatoms. The van der Waals surface area contributed by atoms with Crippen LogP contribution in [0.3, 0.4) is 0 Å². The van der Waals surface area contributed by atoms with Gasteiger partial charge in [0.1, 0.15) is 4.91 Å². The summed E-state index contributed by atoms with van der Waals surface area (Å²) in [5, 5.41) is 0. The number of benzene rings is 2. The van der Waals surface area contributed by atoms with Gasteiger partial charge in [-0.05, 0) is 23.8 Å². The van der Waals surface area contributed by atoms with Crippen molar-refractivity contribution in [3.63, 3.8) is 0 Å². The molecule has 0 saturated carbocycles. The molecule has 2 aliphatic rings. The van der Waals surface area contributed by atoms with Crippen LogP contribution in [0.5, 0.6) is 0 Å². The van der Waals surface area contributed by atoms with Gasteiger partial charge in [-0.1, -0.05) is 74.2 Å². The lowest BCUT2D eigenvalue weighted by Crippen LogP contribution is -2.30. The SMILES string of the molecule is CN1C(=C2SC(=S)N(c3ccccc3)C2=O)C(C)(C)c2ccccc21. The molecule has 1 amide bonds. The highest BCUT2D eigenvalue weighted by Crippen LogP contribution is 2.51. The predicted molar refractivity (Wildman–Crippen MR) is 109 cm³/mol. The highest BCUT2D eigenvalue weighted by atomic mass is 32.2. The molecule has 2 aromatic carbocycles. The first-order chi connectivity index (χ1) is 11.9. The third kappa shape index (κ3) is 2.34. The zero-order chi connectivity index (χ0) is 17.8.